The molecule has 0 radical (unpaired) electrons. The molecule has 1 fully saturated rings. The summed E-state index contributed by atoms with van der Waals surface area (Å²) in [5, 5.41) is 18.3. The number of aryl methyl sites for hydroxylation is 1. The largest absolute Gasteiger partial charge is 0.353 e. The van der Waals surface area contributed by atoms with E-state index < -0.39 is 0 Å². The van der Waals surface area contributed by atoms with Gasteiger partial charge in [0.1, 0.15) is 11.9 Å². The number of rotatable bonds is 3. The molecule has 1 saturated heterocycles. The second-order valence-corrected chi connectivity index (χ2v) is 8.35. The molecule has 4 aromatic rings. The molecule has 0 aromatic carbocycles. The third-order valence-corrected chi connectivity index (χ3v) is 6.17. The van der Waals surface area contributed by atoms with Gasteiger partial charge in [0.25, 0.3) is 5.91 Å². The lowest BCUT2D eigenvalue weighted by molar-refractivity contribution is -0.127. The van der Waals surface area contributed by atoms with Gasteiger partial charge in [-0.1, -0.05) is 0 Å². The zero-order valence-corrected chi connectivity index (χ0v) is 18.9. The average molecular weight is 451 g/mol. The lowest BCUT2D eigenvalue weighted by Gasteiger charge is -2.39. The minimum atomic E-state index is -0.276. The van der Waals surface area contributed by atoms with Gasteiger partial charge in [-0.3, -0.25) is 9.48 Å². The number of amides is 1. The maximum atomic E-state index is 11.9. The van der Waals surface area contributed by atoms with Gasteiger partial charge in [-0.2, -0.15) is 15.5 Å². The molecular formula is C25H22N8O. The van der Waals surface area contributed by atoms with Gasteiger partial charge in [-0.25, -0.2) is 9.50 Å². The number of carbonyl (C=O) groups is 1. The molecule has 5 heterocycles. The highest BCUT2D eigenvalue weighted by Crippen LogP contribution is 2.32. The molecule has 168 valence electrons. The van der Waals surface area contributed by atoms with Crippen LogP contribution in [0, 0.1) is 23.7 Å². The molecular weight excluding hydrogens is 428 g/mol. The number of carbonyl (C=O) groups excluding carboxylic acids is 1. The summed E-state index contributed by atoms with van der Waals surface area (Å²) in [7, 11) is 1.87. The van der Waals surface area contributed by atoms with E-state index in [0.717, 1.165) is 33.6 Å². The number of anilines is 1. The van der Waals surface area contributed by atoms with Crippen LogP contribution in [-0.2, 0) is 11.8 Å². The van der Waals surface area contributed by atoms with E-state index in [2.05, 4.69) is 27.1 Å². The Morgan fingerprint density at radius 1 is 1.12 bits per heavy atom. The first-order valence-electron chi connectivity index (χ1n) is 10.9. The van der Waals surface area contributed by atoms with Crippen molar-refractivity contribution < 1.29 is 4.79 Å². The van der Waals surface area contributed by atoms with Gasteiger partial charge in [0.05, 0.1) is 23.5 Å². The first kappa shape index (κ1) is 21.2. The Morgan fingerprint density at radius 2 is 1.97 bits per heavy atom. The molecule has 0 bridgehead atoms. The van der Waals surface area contributed by atoms with Gasteiger partial charge in [0.15, 0.2) is 0 Å². The molecule has 0 spiro atoms. The molecule has 9 nitrogen and oxygen atoms in total. The normalized spacial score (nSPS) is 15.8. The summed E-state index contributed by atoms with van der Waals surface area (Å²) in [6.07, 6.45) is 14.3. The van der Waals surface area contributed by atoms with Crippen molar-refractivity contribution >= 4 is 17.2 Å². The maximum absolute atomic E-state index is 11.9. The van der Waals surface area contributed by atoms with Gasteiger partial charge < -0.3 is 9.80 Å². The smallest absolute Gasteiger partial charge is 0.298 e. The van der Waals surface area contributed by atoms with E-state index in [1.165, 1.54) is 0 Å². The Hall–Kier alpha value is -4.63. The van der Waals surface area contributed by atoms with E-state index in [0.29, 0.717) is 25.2 Å². The van der Waals surface area contributed by atoms with E-state index in [9.17, 15) is 10.1 Å². The summed E-state index contributed by atoms with van der Waals surface area (Å²) in [6, 6.07) is 8.24. The molecule has 0 aliphatic carbocycles. The van der Waals surface area contributed by atoms with Crippen LogP contribution in [-0.4, -0.2) is 60.9 Å². The molecule has 1 unspecified atom stereocenters. The Bertz CT molecular complexity index is 1470. The fraction of sp³-hybridized carbons (Fsp3) is 0.240. The quantitative estimate of drug-likeness (QED) is 0.445. The van der Waals surface area contributed by atoms with Gasteiger partial charge in [-0.05, 0) is 31.0 Å². The second kappa shape index (κ2) is 8.38. The first-order valence-corrected chi connectivity index (χ1v) is 10.9. The minimum absolute atomic E-state index is 0.000422. The number of nitriles is 1. The maximum Gasteiger partial charge on any atom is 0.298 e. The number of aromatic nitrogens is 5. The lowest BCUT2D eigenvalue weighted by Crippen LogP contribution is -2.54. The molecule has 0 N–H and O–H groups in total. The van der Waals surface area contributed by atoms with Crippen LogP contribution in [0.4, 0.5) is 5.82 Å². The number of hydrogen-bond acceptors (Lipinski definition) is 6. The third kappa shape index (κ3) is 3.63. The second-order valence-electron chi connectivity index (χ2n) is 8.35. The van der Waals surface area contributed by atoms with Crippen molar-refractivity contribution in [3.63, 3.8) is 0 Å². The SMILES string of the molecule is C#CC(=O)N1CCN(c2ccc(-c3cc(-c4cnn(C)c4)cn4ncc(C#N)c34)cn2)CC1C. The van der Waals surface area contributed by atoms with Crippen LogP contribution in [0.15, 0.2) is 49.2 Å². The van der Waals surface area contributed by atoms with Crippen molar-refractivity contribution in [3.8, 4) is 40.7 Å². The molecule has 9 heteroatoms. The Morgan fingerprint density at radius 3 is 2.62 bits per heavy atom. The number of fused-ring (bicyclic) bond motifs is 1. The van der Waals surface area contributed by atoms with Crippen LogP contribution >= 0.6 is 0 Å². The fourth-order valence-corrected chi connectivity index (χ4v) is 4.43. The summed E-state index contributed by atoms with van der Waals surface area (Å²) in [6.45, 7) is 3.86. The zero-order valence-electron chi connectivity index (χ0n) is 18.9. The van der Waals surface area contributed by atoms with Gasteiger partial charge in [0, 0.05) is 73.6 Å². The molecule has 34 heavy (non-hydrogen) atoms. The Labute approximate surface area is 196 Å². The number of pyridine rings is 2. The van der Waals surface area contributed by atoms with E-state index in [1.807, 2.05) is 50.8 Å². The lowest BCUT2D eigenvalue weighted by atomic mass is 10.0. The van der Waals surface area contributed by atoms with Crippen LogP contribution in [0.3, 0.4) is 0 Å². The number of hydrogen-bond donors (Lipinski definition) is 0. The minimum Gasteiger partial charge on any atom is -0.353 e. The molecule has 1 aliphatic heterocycles. The molecule has 4 aromatic heterocycles. The molecule has 1 atom stereocenters. The third-order valence-electron chi connectivity index (χ3n) is 6.17. The van der Waals surface area contributed by atoms with Crippen molar-refractivity contribution in [1.82, 2.24) is 29.3 Å². The van der Waals surface area contributed by atoms with Crippen molar-refractivity contribution in [2.45, 2.75) is 13.0 Å². The van der Waals surface area contributed by atoms with Gasteiger partial charge in [-0.15, -0.1) is 6.42 Å². The average Bonchev–Trinajstić information content (AvgIpc) is 3.49. The van der Waals surface area contributed by atoms with E-state index >= 15 is 0 Å². The molecule has 0 saturated carbocycles. The van der Waals surface area contributed by atoms with Crippen LogP contribution in [0.2, 0.25) is 0 Å². The Balaban J connectivity index is 1.50. The van der Waals surface area contributed by atoms with Gasteiger partial charge in [0.2, 0.25) is 0 Å². The predicted octanol–water partition coefficient (Wildman–Crippen LogP) is 2.34. The van der Waals surface area contributed by atoms with E-state index in [1.54, 1.807) is 26.5 Å². The van der Waals surface area contributed by atoms with Crippen molar-refractivity contribution in [1.29, 1.82) is 5.26 Å². The molecule has 1 amide bonds. The zero-order chi connectivity index (χ0) is 23.8. The van der Waals surface area contributed by atoms with Crippen LogP contribution in [0.5, 0.6) is 0 Å². The van der Waals surface area contributed by atoms with Gasteiger partial charge >= 0.3 is 0 Å². The number of terminal acetylenes is 1. The molecule has 1 aliphatic rings. The highest BCUT2D eigenvalue weighted by molar-refractivity contribution is 5.93. The van der Waals surface area contributed by atoms with Crippen molar-refractivity contribution in [2.75, 3.05) is 24.5 Å². The van der Waals surface area contributed by atoms with E-state index in [4.69, 9.17) is 11.4 Å². The Kier molecular flexibility index (Phi) is 5.23. The summed E-state index contributed by atoms with van der Waals surface area (Å²) in [5.74, 6) is 2.76. The number of nitrogens with zero attached hydrogens (tertiary/aromatic N) is 8. The summed E-state index contributed by atoms with van der Waals surface area (Å²) in [5.41, 5.74) is 4.88. The van der Waals surface area contributed by atoms with Crippen molar-refractivity contribution in [2.24, 2.45) is 7.05 Å². The topological polar surface area (TPSA) is 95.4 Å². The summed E-state index contributed by atoms with van der Waals surface area (Å²) >= 11 is 0. The van der Waals surface area contributed by atoms with E-state index in [-0.39, 0.29) is 11.9 Å². The van der Waals surface area contributed by atoms with Crippen LogP contribution in [0.1, 0.15) is 12.5 Å². The van der Waals surface area contributed by atoms with Crippen molar-refractivity contribution in [3.05, 3.63) is 54.7 Å². The predicted molar refractivity (Wildman–Crippen MR) is 128 cm³/mol. The van der Waals surface area contributed by atoms with Crippen LogP contribution in [0.25, 0.3) is 27.8 Å². The summed E-state index contributed by atoms with van der Waals surface area (Å²) in [4.78, 5) is 20.5. The fourth-order valence-electron chi connectivity index (χ4n) is 4.43. The standard InChI is InChI=1S/C25H22N8O/c1-4-24(34)32-8-7-31(14-17(32)2)23-6-5-18(11-27-23)22-9-19(21-13-28-30(3)15-21)16-33-25(22)20(10-26)12-29-33/h1,5-6,9,11-13,15-17H,7-8,14H2,2-3H3. The first-order chi connectivity index (χ1) is 16.5. The summed E-state index contributed by atoms with van der Waals surface area (Å²) < 4.78 is 3.48. The number of piperazine rings is 1. The highest BCUT2D eigenvalue weighted by atomic mass is 16.2. The van der Waals surface area contributed by atoms with Crippen LogP contribution < -0.4 is 4.90 Å². The monoisotopic (exact) mass is 450 g/mol. The molecule has 5 rings (SSSR count). The highest BCUT2D eigenvalue weighted by Gasteiger charge is 2.27.